The summed E-state index contributed by atoms with van der Waals surface area (Å²) in [6.07, 6.45) is 2.66. The van der Waals surface area contributed by atoms with Gasteiger partial charge in [-0.3, -0.25) is 4.98 Å². The molecule has 0 spiro atoms. The molecule has 0 aromatic carbocycles. The minimum atomic E-state index is -0.152. The maximum absolute atomic E-state index is 11.5. The normalized spacial score (nSPS) is 19.0. The average Bonchev–Trinajstić information content (AvgIpc) is 2.81. The predicted molar refractivity (Wildman–Crippen MR) is 63.6 cm³/mol. The van der Waals surface area contributed by atoms with Gasteiger partial charge >= 0.3 is 6.03 Å². The fourth-order valence-corrected chi connectivity index (χ4v) is 1.67. The predicted octanol–water partition coefficient (Wildman–Crippen LogP) is 0.978. The Labute approximate surface area is 101 Å². The summed E-state index contributed by atoms with van der Waals surface area (Å²) in [5, 5.41) is 5.66. The SMILES string of the molecule is Cc1ccc(CNC(=O)NC2CCOC2)cn1. The Morgan fingerprint density at radius 2 is 2.47 bits per heavy atom. The Kier molecular flexibility index (Phi) is 3.93. The van der Waals surface area contributed by atoms with Crippen LogP contribution in [0.3, 0.4) is 0 Å². The number of nitrogens with zero attached hydrogens (tertiary/aromatic N) is 1. The van der Waals surface area contributed by atoms with Gasteiger partial charge in [0.25, 0.3) is 0 Å². The molecule has 1 aromatic heterocycles. The molecule has 2 heterocycles. The number of rotatable bonds is 3. The molecule has 2 rings (SSSR count). The largest absolute Gasteiger partial charge is 0.379 e. The highest BCUT2D eigenvalue weighted by Crippen LogP contribution is 2.03. The fraction of sp³-hybridized carbons (Fsp3) is 0.500. The lowest BCUT2D eigenvalue weighted by Gasteiger charge is -2.11. The molecule has 1 unspecified atom stereocenters. The average molecular weight is 235 g/mol. The van der Waals surface area contributed by atoms with E-state index in [1.165, 1.54) is 0 Å². The van der Waals surface area contributed by atoms with Crippen LogP contribution in [0.25, 0.3) is 0 Å². The molecule has 1 fully saturated rings. The summed E-state index contributed by atoms with van der Waals surface area (Å²) >= 11 is 0. The lowest BCUT2D eigenvalue weighted by Crippen LogP contribution is -2.42. The molecule has 2 amide bonds. The summed E-state index contributed by atoms with van der Waals surface area (Å²) in [7, 11) is 0. The highest BCUT2D eigenvalue weighted by molar-refractivity contribution is 5.74. The summed E-state index contributed by atoms with van der Waals surface area (Å²) in [4.78, 5) is 15.7. The van der Waals surface area contributed by atoms with E-state index in [0.717, 1.165) is 24.3 Å². The van der Waals surface area contributed by atoms with Crippen molar-refractivity contribution < 1.29 is 9.53 Å². The standard InChI is InChI=1S/C12H17N3O2/c1-9-2-3-10(6-13-9)7-14-12(16)15-11-4-5-17-8-11/h2-3,6,11H,4-5,7-8H2,1H3,(H2,14,15,16). The molecule has 1 aliphatic heterocycles. The van der Waals surface area contributed by atoms with Crippen LogP contribution < -0.4 is 10.6 Å². The van der Waals surface area contributed by atoms with E-state index in [1.54, 1.807) is 6.20 Å². The number of urea groups is 1. The molecule has 0 saturated carbocycles. The summed E-state index contributed by atoms with van der Waals surface area (Å²) in [5.41, 5.74) is 1.97. The van der Waals surface area contributed by atoms with Crippen molar-refractivity contribution in [1.82, 2.24) is 15.6 Å². The second kappa shape index (κ2) is 5.63. The van der Waals surface area contributed by atoms with Crippen molar-refractivity contribution in [2.75, 3.05) is 13.2 Å². The monoisotopic (exact) mass is 235 g/mol. The van der Waals surface area contributed by atoms with Gasteiger partial charge in [0.2, 0.25) is 0 Å². The van der Waals surface area contributed by atoms with Crippen LogP contribution in [0.5, 0.6) is 0 Å². The quantitative estimate of drug-likeness (QED) is 0.820. The maximum Gasteiger partial charge on any atom is 0.315 e. The van der Waals surface area contributed by atoms with Crippen LogP contribution in [-0.2, 0) is 11.3 Å². The number of hydrogen-bond donors (Lipinski definition) is 2. The van der Waals surface area contributed by atoms with Crippen molar-refractivity contribution in [3.8, 4) is 0 Å². The molecule has 1 atom stereocenters. The summed E-state index contributed by atoms with van der Waals surface area (Å²) in [5.74, 6) is 0. The number of aromatic nitrogens is 1. The highest BCUT2D eigenvalue weighted by Gasteiger charge is 2.17. The number of ether oxygens (including phenoxy) is 1. The van der Waals surface area contributed by atoms with Crippen molar-refractivity contribution in [2.24, 2.45) is 0 Å². The van der Waals surface area contributed by atoms with E-state index >= 15 is 0 Å². The van der Waals surface area contributed by atoms with Crippen LogP contribution in [0, 0.1) is 6.92 Å². The fourth-order valence-electron chi connectivity index (χ4n) is 1.67. The van der Waals surface area contributed by atoms with E-state index in [2.05, 4.69) is 15.6 Å². The van der Waals surface area contributed by atoms with Crippen molar-refractivity contribution in [3.63, 3.8) is 0 Å². The van der Waals surface area contributed by atoms with Crippen LogP contribution in [-0.4, -0.2) is 30.3 Å². The molecule has 2 N–H and O–H groups in total. The first kappa shape index (κ1) is 11.9. The molecule has 0 bridgehead atoms. The van der Waals surface area contributed by atoms with Crippen LogP contribution >= 0.6 is 0 Å². The van der Waals surface area contributed by atoms with E-state index in [-0.39, 0.29) is 12.1 Å². The first-order valence-corrected chi connectivity index (χ1v) is 5.77. The van der Waals surface area contributed by atoms with Crippen LogP contribution in [0.1, 0.15) is 17.7 Å². The Balaban J connectivity index is 1.73. The highest BCUT2D eigenvalue weighted by atomic mass is 16.5. The lowest BCUT2D eigenvalue weighted by atomic mass is 10.2. The smallest absolute Gasteiger partial charge is 0.315 e. The van der Waals surface area contributed by atoms with E-state index in [1.807, 2.05) is 19.1 Å². The first-order valence-electron chi connectivity index (χ1n) is 5.77. The maximum atomic E-state index is 11.5. The minimum Gasteiger partial charge on any atom is -0.379 e. The van der Waals surface area contributed by atoms with Gasteiger partial charge in [0.05, 0.1) is 12.6 Å². The van der Waals surface area contributed by atoms with Gasteiger partial charge in [0, 0.05) is 25.0 Å². The van der Waals surface area contributed by atoms with Gasteiger partial charge in [0.15, 0.2) is 0 Å². The van der Waals surface area contributed by atoms with Gasteiger partial charge in [-0.1, -0.05) is 6.07 Å². The van der Waals surface area contributed by atoms with Gasteiger partial charge < -0.3 is 15.4 Å². The minimum absolute atomic E-state index is 0.145. The van der Waals surface area contributed by atoms with Crippen molar-refractivity contribution in [2.45, 2.75) is 25.9 Å². The van der Waals surface area contributed by atoms with E-state index < -0.39 is 0 Å². The Bertz CT molecular complexity index is 372. The number of carbonyl (C=O) groups is 1. The second-order valence-electron chi connectivity index (χ2n) is 4.20. The van der Waals surface area contributed by atoms with Crippen molar-refractivity contribution >= 4 is 6.03 Å². The lowest BCUT2D eigenvalue weighted by molar-refractivity contribution is 0.188. The molecular formula is C12H17N3O2. The number of nitrogens with one attached hydrogen (secondary N) is 2. The molecule has 1 aliphatic rings. The zero-order valence-corrected chi connectivity index (χ0v) is 9.90. The number of carbonyl (C=O) groups excluding carboxylic acids is 1. The van der Waals surface area contributed by atoms with E-state index in [4.69, 9.17) is 4.74 Å². The number of aryl methyl sites for hydroxylation is 1. The first-order chi connectivity index (χ1) is 8.24. The molecule has 1 aromatic rings. The van der Waals surface area contributed by atoms with Crippen LogP contribution in [0.4, 0.5) is 4.79 Å². The molecule has 17 heavy (non-hydrogen) atoms. The zero-order chi connectivity index (χ0) is 12.1. The molecular weight excluding hydrogens is 218 g/mol. The third-order valence-electron chi connectivity index (χ3n) is 2.69. The van der Waals surface area contributed by atoms with Crippen molar-refractivity contribution in [1.29, 1.82) is 0 Å². The van der Waals surface area contributed by atoms with Gasteiger partial charge in [-0.2, -0.15) is 0 Å². The van der Waals surface area contributed by atoms with E-state index in [9.17, 15) is 4.79 Å². The molecule has 0 aliphatic carbocycles. The molecule has 1 saturated heterocycles. The topological polar surface area (TPSA) is 63.2 Å². The van der Waals surface area contributed by atoms with Gasteiger partial charge in [-0.15, -0.1) is 0 Å². The molecule has 92 valence electrons. The van der Waals surface area contributed by atoms with Crippen LogP contribution in [0.2, 0.25) is 0 Å². The second-order valence-corrected chi connectivity index (χ2v) is 4.20. The third-order valence-corrected chi connectivity index (χ3v) is 2.69. The van der Waals surface area contributed by atoms with Gasteiger partial charge in [0.1, 0.15) is 0 Å². The summed E-state index contributed by atoms with van der Waals surface area (Å²) in [6, 6.07) is 3.88. The van der Waals surface area contributed by atoms with Crippen LogP contribution in [0.15, 0.2) is 18.3 Å². The Morgan fingerprint density at radius 1 is 1.59 bits per heavy atom. The van der Waals surface area contributed by atoms with Crippen molar-refractivity contribution in [3.05, 3.63) is 29.6 Å². The van der Waals surface area contributed by atoms with Gasteiger partial charge in [-0.05, 0) is 25.0 Å². The van der Waals surface area contributed by atoms with Gasteiger partial charge in [-0.25, -0.2) is 4.79 Å². The summed E-state index contributed by atoms with van der Waals surface area (Å²) < 4.78 is 5.18. The third kappa shape index (κ3) is 3.71. The Morgan fingerprint density at radius 3 is 3.12 bits per heavy atom. The number of pyridine rings is 1. The molecule has 5 heteroatoms. The molecule has 5 nitrogen and oxygen atoms in total. The summed E-state index contributed by atoms with van der Waals surface area (Å²) in [6.45, 7) is 3.77. The Hall–Kier alpha value is -1.62. The number of hydrogen-bond acceptors (Lipinski definition) is 3. The molecule has 0 radical (unpaired) electrons. The number of amides is 2. The zero-order valence-electron chi connectivity index (χ0n) is 9.90. The van der Waals surface area contributed by atoms with E-state index in [0.29, 0.717) is 13.2 Å².